The Morgan fingerprint density at radius 1 is 1.26 bits per heavy atom. The van der Waals surface area contributed by atoms with E-state index in [9.17, 15) is 8.78 Å². The van der Waals surface area contributed by atoms with Gasteiger partial charge in [0.1, 0.15) is 6.35 Å². The molecule has 1 atom stereocenters. The maximum absolute atomic E-state index is 12.1. The molecule has 0 radical (unpaired) electrons. The molecule has 0 amide bonds. The zero-order valence-corrected chi connectivity index (χ0v) is 16.9. The highest BCUT2D eigenvalue weighted by Crippen LogP contribution is 2.22. The predicted molar refractivity (Wildman–Crippen MR) is 108 cm³/mol. The molecule has 0 aromatic carbocycles. The minimum atomic E-state index is -2.33. The Morgan fingerprint density at radius 3 is 2.70 bits per heavy atom. The van der Waals surface area contributed by atoms with Crippen LogP contribution in [0.15, 0.2) is 30.6 Å². The number of nitrogens with one attached hydrogen (secondary N) is 1. The van der Waals surface area contributed by atoms with Crippen LogP contribution in [-0.4, -0.2) is 22.5 Å². The standard InChI is InChI=1S/C20H26F2N3OP/c1-4-14(3)16-8-9-24-18(5-2)17(16)12-23-10-15-6-7-19(25-11-15)26-13-27-20(21)22/h6-9,11-12,20,23,27H,4-5,10,13H2,1-3H3/b16-14-,17-12+. The maximum Gasteiger partial charge on any atom is 0.255 e. The minimum Gasteiger partial charge on any atom is -0.473 e. The number of hydrogen-bond donors (Lipinski definition) is 1. The van der Waals surface area contributed by atoms with Crippen molar-refractivity contribution in [2.45, 2.75) is 46.3 Å². The van der Waals surface area contributed by atoms with Gasteiger partial charge in [0.15, 0.2) is 0 Å². The summed E-state index contributed by atoms with van der Waals surface area (Å²) >= 11 is 0. The van der Waals surface area contributed by atoms with E-state index in [0.29, 0.717) is 12.4 Å². The molecular formula is C20H26F2N3OP. The Labute approximate surface area is 160 Å². The molecule has 0 fully saturated rings. The van der Waals surface area contributed by atoms with E-state index in [0.717, 1.165) is 29.3 Å². The normalized spacial score (nSPS) is 13.5. The second kappa shape index (κ2) is 10.9. The molecule has 0 aliphatic rings. The monoisotopic (exact) mass is 393 g/mol. The number of halogens is 2. The summed E-state index contributed by atoms with van der Waals surface area (Å²) in [6.45, 7) is 7.00. The Morgan fingerprint density at radius 2 is 2.07 bits per heavy atom. The number of nitrogens with zero attached hydrogens (tertiary/aromatic N) is 2. The number of aryl methyl sites for hydroxylation is 1. The first kappa shape index (κ1) is 21.2. The fourth-order valence-electron chi connectivity index (χ4n) is 2.57. The van der Waals surface area contributed by atoms with Crippen molar-refractivity contribution in [3.05, 3.63) is 52.3 Å². The molecule has 27 heavy (non-hydrogen) atoms. The van der Waals surface area contributed by atoms with Crippen LogP contribution < -0.4 is 20.5 Å². The van der Waals surface area contributed by atoms with Crippen LogP contribution in [0.25, 0.3) is 11.8 Å². The van der Waals surface area contributed by atoms with E-state index in [4.69, 9.17) is 4.74 Å². The zero-order valence-electron chi connectivity index (χ0n) is 15.9. The van der Waals surface area contributed by atoms with Crippen LogP contribution in [0.2, 0.25) is 0 Å². The highest BCUT2D eigenvalue weighted by Gasteiger charge is 2.03. The summed E-state index contributed by atoms with van der Waals surface area (Å²) in [5, 5.41) is 5.68. The summed E-state index contributed by atoms with van der Waals surface area (Å²) < 4.78 is 29.5. The van der Waals surface area contributed by atoms with Crippen LogP contribution >= 0.6 is 8.58 Å². The summed E-state index contributed by atoms with van der Waals surface area (Å²) in [6, 6.07) is 5.64. The Bertz CT molecular complexity index is 841. The fraction of sp³-hybridized carbons (Fsp3) is 0.400. The first-order valence-electron chi connectivity index (χ1n) is 9.01. The van der Waals surface area contributed by atoms with Gasteiger partial charge in [-0.15, -0.1) is 0 Å². The summed E-state index contributed by atoms with van der Waals surface area (Å²) in [7, 11) is -0.530. The quantitative estimate of drug-likeness (QED) is 0.664. The average molecular weight is 393 g/mol. The van der Waals surface area contributed by atoms with Gasteiger partial charge in [0, 0.05) is 42.1 Å². The third-order valence-electron chi connectivity index (χ3n) is 4.21. The molecule has 2 rings (SSSR count). The fourth-order valence-corrected chi connectivity index (χ4v) is 2.93. The molecule has 0 spiro atoms. The smallest absolute Gasteiger partial charge is 0.255 e. The van der Waals surface area contributed by atoms with E-state index in [1.165, 1.54) is 10.8 Å². The molecular weight excluding hydrogens is 367 g/mol. The predicted octanol–water partition coefficient (Wildman–Crippen LogP) is 3.38. The van der Waals surface area contributed by atoms with E-state index in [1.54, 1.807) is 12.3 Å². The van der Waals surface area contributed by atoms with E-state index in [1.807, 2.05) is 18.5 Å². The summed E-state index contributed by atoms with van der Waals surface area (Å²) in [5.74, 6) is 0.367. The van der Waals surface area contributed by atoms with Gasteiger partial charge in [-0.25, -0.2) is 13.8 Å². The van der Waals surface area contributed by atoms with Crippen LogP contribution in [0, 0.1) is 0 Å². The van der Waals surface area contributed by atoms with E-state index in [-0.39, 0.29) is 6.35 Å². The van der Waals surface area contributed by atoms with Crippen molar-refractivity contribution in [2.24, 2.45) is 0 Å². The van der Waals surface area contributed by atoms with Crippen LogP contribution in [0.1, 0.15) is 38.4 Å². The molecule has 2 aromatic heterocycles. The lowest BCUT2D eigenvalue weighted by Gasteiger charge is -2.07. The largest absolute Gasteiger partial charge is 0.473 e. The van der Waals surface area contributed by atoms with E-state index in [2.05, 4.69) is 42.1 Å². The van der Waals surface area contributed by atoms with Gasteiger partial charge < -0.3 is 10.1 Å². The maximum atomic E-state index is 12.1. The van der Waals surface area contributed by atoms with Crippen molar-refractivity contribution in [3.63, 3.8) is 0 Å². The molecule has 4 nitrogen and oxygen atoms in total. The van der Waals surface area contributed by atoms with Crippen molar-refractivity contribution < 1.29 is 13.5 Å². The number of rotatable bonds is 9. The Balaban J connectivity index is 2.07. The zero-order chi connectivity index (χ0) is 19.6. The average Bonchev–Trinajstić information content (AvgIpc) is 2.68. The molecule has 7 heteroatoms. The van der Waals surface area contributed by atoms with Crippen molar-refractivity contribution in [1.82, 2.24) is 15.3 Å². The summed E-state index contributed by atoms with van der Waals surface area (Å²) in [5.41, 5.74) is 3.37. The third-order valence-corrected chi connectivity index (χ3v) is 4.83. The van der Waals surface area contributed by atoms with E-state index >= 15 is 0 Å². The molecule has 0 saturated carbocycles. The molecule has 146 valence electrons. The number of aromatic nitrogens is 2. The number of alkyl halides is 2. The van der Waals surface area contributed by atoms with Gasteiger partial charge in [-0.1, -0.05) is 25.5 Å². The van der Waals surface area contributed by atoms with E-state index < -0.39 is 14.7 Å². The first-order valence-corrected chi connectivity index (χ1v) is 10.3. The van der Waals surface area contributed by atoms with Crippen molar-refractivity contribution in [3.8, 4) is 5.88 Å². The summed E-state index contributed by atoms with van der Waals surface area (Å²) in [4.78, 5) is 8.65. The first-order chi connectivity index (χ1) is 13.0. The number of hydrogen-bond acceptors (Lipinski definition) is 4. The van der Waals surface area contributed by atoms with Gasteiger partial charge in [-0.3, -0.25) is 4.98 Å². The summed E-state index contributed by atoms with van der Waals surface area (Å²) in [6.07, 6.45) is 5.08. The molecule has 0 aliphatic carbocycles. The Kier molecular flexibility index (Phi) is 8.59. The van der Waals surface area contributed by atoms with Gasteiger partial charge in [-0.2, -0.15) is 0 Å². The van der Waals surface area contributed by atoms with Crippen molar-refractivity contribution >= 4 is 20.4 Å². The number of ether oxygens (including phenoxy) is 1. The van der Waals surface area contributed by atoms with Gasteiger partial charge in [0.2, 0.25) is 5.88 Å². The molecule has 0 bridgehead atoms. The van der Waals surface area contributed by atoms with Crippen molar-refractivity contribution in [1.29, 1.82) is 0 Å². The van der Waals surface area contributed by atoms with Gasteiger partial charge >= 0.3 is 0 Å². The second-order valence-corrected chi connectivity index (χ2v) is 7.16. The lowest BCUT2D eigenvalue weighted by molar-refractivity contribution is 0.243. The Hall–Kier alpha value is -2.07. The van der Waals surface area contributed by atoms with Crippen molar-refractivity contribution in [2.75, 3.05) is 6.35 Å². The lowest BCUT2D eigenvalue weighted by Crippen LogP contribution is -2.33. The van der Waals surface area contributed by atoms with Crippen LogP contribution in [-0.2, 0) is 13.0 Å². The van der Waals surface area contributed by atoms with Crippen LogP contribution in [0.4, 0.5) is 8.78 Å². The molecule has 0 aliphatic heterocycles. The molecule has 1 N–H and O–H groups in total. The molecule has 1 unspecified atom stereocenters. The third kappa shape index (κ3) is 6.55. The molecule has 2 heterocycles. The van der Waals surface area contributed by atoms with Gasteiger partial charge in [-0.05, 0) is 45.2 Å². The minimum absolute atomic E-state index is 0.00704. The van der Waals surface area contributed by atoms with Gasteiger partial charge in [0.25, 0.3) is 6.17 Å². The van der Waals surface area contributed by atoms with Crippen LogP contribution in [0.5, 0.6) is 5.88 Å². The molecule has 2 aromatic rings. The molecule has 0 saturated heterocycles. The highest BCUT2D eigenvalue weighted by molar-refractivity contribution is 7.38. The lowest BCUT2D eigenvalue weighted by atomic mass is 10.1. The topological polar surface area (TPSA) is 47.0 Å². The SMILES string of the molecule is CC/C(C)=c1/ccnc(CC)/c1=C/NCc1ccc(OCPC(F)F)nc1. The van der Waals surface area contributed by atoms with Gasteiger partial charge in [0.05, 0.1) is 0 Å². The second-order valence-electron chi connectivity index (χ2n) is 6.03. The highest BCUT2D eigenvalue weighted by atomic mass is 31.1. The number of pyridine rings is 2. The van der Waals surface area contributed by atoms with Crippen LogP contribution in [0.3, 0.4) is 0 Å².